The molecule has 0 atom stereocenters. The van der Waals surface area contributed by atoms with Crippen LogP contribution >= 0.6 is 22.7 Å². The molecule has 0 aliphatic heterocycles. The Morgan fingerprint density at radius 3 is 2.55 bits per heavy atom. The van der Waals surface area contributed by atoms with Gasteiger partial charge in [0.2, 0.25) is 5.91 Å². The SMILES string of the molecule is COc1ccc(C(=O)Nc2nc(C)c(-c3csc(NC(=O)CCC4CCCCC4)n3)s2)cc1. The molecule has 1 fully saturated rings. The van der Waals surface area contributed by atoms with E-state index < -0.39 is 0 Å². The van der Waals surface area contributed by atoms with Gasteiger partial charge in [-0.2, -0.15) is 0 Å². The molecule has 0 spiro atoms. The molecule has 0 unspecified atom stereocenters. The highest BCUT2D eigenvalue weighted by Gasteiger charge is 2.18. The summed E-state index contributed by atoms with van der Waals surface area (Å²) in [5, 5.41) is 8.79. The Hall–Kier alpha value is -2.78. The van der Waals surface area contributed by atoms with Crippen molar-refractivity contribution in [3.8, 4) is 16.3 Å². The van der Waals surface area contributed by atoms with Crippen LogP contribution in [0, 0.1) is 12.8 Å². The number of nitrogens with zero attached hydrogens (tertiary/aromatic N) is 2. The minimum Gasteiger partial charge on any atom is -0.497 e. The summed E-state index contributed by atoms with van der Waals surface area (Å²) in [7, 11) is 1.59. The van der Waals surface area contributed by atoms with E-state index >= 15 is 0 Å². The lowest BCUT2D eigenvalue weighted by Gasteiger charge is -2.20. The van der Waals surface area contributed by atoms with Gasteiger partial charge in [0.05, 0.1) is 23.4 Å². The molecule has 33 heavy (non-hydrogen) atoms. The molecule has 0 bridgehead atoms. The van der Waals surface area contributed by atoms with Crippen molar-refractivity contribution in [3.05, 3.63) is 40.9 Å². The summed E-state index contributed by atoms with van der Waals surface area (Å²) in [5.41, 5.74) is 2.06. The molecule has 7 nitrogen and oxygen atoms in total. The normalized spacial score (nSPS) is 14.1. The molecule has 4 rings (SSSR count). The van der Waals surface area contributed by atoms with Crippen molar-refractivity contribution in [2.75, 3.05) is 17.7 Å². The van der Waals surface area contributed by atoms with Crippen LogP contribution < -0.4 is 15.4 Å². The number of thiazole rings is 2. The lowest BCUT2D eigenvalue weighted by molar-refractivity contribution is -0.116. The molecule has 2 amide bonds. The largest absolute Gasteiger partial charge is 0.497 e. The number of benzene rings is 1. The Balaban J connectivity index is 1.34. The number of anilines is 2. The second-order valence-corrected chi connectivity index (χ2v) is 10.1. The number of aryl methyl sites for hydroxylation is 1. The van der Waals surface area contributed by atoms with Crippen molar-refractivity contribution in [3.63, 3.8) is 0 Å². The van der Waals surface area contributed by atoms with E-state index in [0.717, 1.165) is 22.7 Å². The minimum absolute atomic E-state index is 0.0231. The number of aromatic nitrogens is 2. The first-order chi connectivity index (χ1) is 16.0. The van der Waals surface area contributed by atoms with Gasteiger partial charge in [0.15, 0.2) is 10.3 Å². The zero-order valence-corrected chi connectivity index (χ0v) is 20.5. The Kier molecular flexibility index (Phi) is 7.72. The molecule has 1 saturated carbocycles. The maximum absolute atomic E-state index is 12.5. The quantitative estimate of drug-likeness (QED) is 0.401. The molecule has 1 aromatic carbocycles. The second kappa shape index (κ2) is 10.9. The van der Waals surface area contributed by atoms with Crippen molar-refractivity contribution in [2.45, 2.75) is 51.9 Å². The molecular weight excluding hydrogens is 456 g/mol. The van der Waals surface area contributed by atoms with Crippen LogP contribution in [0.2, 0.25) is 0 Å². The van der Waals surface area contributed by atoms with E-state index in [4.69, 9.17) is 4.74 Å². The van der Waals surface area contributed by atoms with Crippen LogP contribution in [0.1, 0.15) is 61.0 Å². The predicted molar refractivity (Wildman–Crippen MR) is 133 cm³/mol. The van der Waals surface area contributed by atoms with Crippen LogP contribution in [0.5, 0.6) is 5.75 Å². The fourth-order valence-electron chi connectivity index (χ4n) is 4.03. The second-order valence-electron chi connectivity index (χ2n) is 8.24. The van der Waals surface area contributed by atoms with E-state index in [9.17, 15) is 9.59 Å². The number of rotatable bonds is 8. The Bertz CT molecular complexity index is 1100. The van der Waals surface area contributed by atoms with E-state index in [2.05, 4.69) is 20.6 Å². The molecule has 2 heterocycles. The van der Waals surface area contributed by atoms with E-state index in [1.807, 2.05) is 12.3 Å². The maximum Gasteiger partial charge on any atom is 0.257 e. The topological polar surface area (TPSA) is 93.2 Å². The Labute approximate surface area is 201 Å². The van der Waals surface area contributed by atoms with Crippen molar-refractivity contribution in [2.24, 2.45) is 5.92 Å². The molecule has 3 aromatic rings. The smallest absolute Gasteiger partial charge is 0.257 e. The average molecular weight is 485 g/mol. The van der Waals surface area contributed by atoms with Crippen LogP contribution in [0.15, 0.2) is 29.6 Å². The van der Waals surface area contributed by atoms with E-state index in [0.29, 0.717) is 33.9 Å². The van der Waals surface area contributed by atoms with Crippen molar-refractivity contribution < 1.29 is 14.3 Å². The lowest BCUT2D eigenvalue weighted by atomic mass is 9.86. The number of methoxy groups -OCH3 is 1. The number of carbonyl (C=O) groups is 2. The monoisotopic (exact) mass is 484 g/mol. The fraction of sp³-hybridized carbons (Fsp3) is 0.417. The van der Waals surface area contributed by atoms with Gasteiger partial charge in [-0.3, -0.25) is 14.9 Å². The highest BCUT2D eigenvalue weighted by molar-refractivity contribution is 7.20. The van der Waals surface area contributed by atoms with Gasteiger partial charge < -0.3 is 10.1 Å². The number of nitrogens with one attached hydrogen (secondary N) is 2. The van der Waals surface area contributed by atoms with Crippen molar-refractivity contribution in [1.29, 1.82) is 0 Å². The summed E-state index contributed by atoms with van der Waals surface area (Å²) in [6, 6.07) is 6.90. The molecule has 0 radical (unpaired) electrons. The summed E-state index contributed by atoms with van der Waals surface area (Å²) in [5.74, 6) is 1.17. The molecule has 9 heteroatoms. The van der Waals surface area contributed by atoms with Crippen LogP contribution in [0.4, 0.5) is 10.3 Å². The number of ether oxygens (including phenoxy) is 1. The maximum atomic E-state index is 12.5. The van der Waals surface area contributed by atoms with E-state index in [1.165, 1.54) is 54.8 Å². The standard InChI is InChI=1S/C24H28N4O3S2/c1-15-21(33-24(25-15)28-22(30)17-9-11-18(31-2)12-10-17)19-14-32-23(26-19)27-20(29)13-8-16-6-4-3-5-7-16/h9-12,14,16H,3-8,13H2,1-2H3,(H,25,28,30)(H,26,27,29). The first kappa shape index (κ1) is 23.4. The highest BCUT2D eigenvalue weighted by Crippen LogP contribution is 2.35. The summed E-state index contributed by atoms with van der Waals surface area (Å²) < 4.78 is 5.13. The third-order valence-corrected chi connectivity index (χ3v) is 7.71. The van der Waals surface area contributed by atoms with Gasteiger partial charge in [0.1, 0.15) is 5.75 Å². The molecule has 174 valence electrons. The van der Waals surface area contributed by atoms with Gasteiger partial charge >= 0.3 is 0 Å². The minimum atomic E-state index is -0.234. The van der Waals surface area contributed by atoms with Crippen LogP contribution in [0.25, 0.3) is 10.6 Å². The van der Waals surface area contributed by atoms with Crippen LogP contribution in [-0.4, -0.2) is 28.9 Å². The van der Waals surface area contributed by atoms with Crippen LogP contribution in [-0.2, 0) is 4.79 Å². The first-order valence-corrected chi connectivity index (χ1v) is 12.9. The first-order valence-electron chi connectivity index (χ1n) is 11.2. The molecular formula is C24H28N4O3S2. The number of hydrogen-bond donors (Lipinski definition) is 2. The molecule has 1 aliphatic rings. The van der Waals surface area contributed by atoms with Gasteiger partial charge in [-0.1, -0.05) is 43.4 Å². The number of hydrogen-bond acceptors (Lipinski definition) is 7. The Morgan fingerprint density at radius 2 is 1.82 bits per heavy atom. The summed E-state index contributed by atoms with van der Waals surface area (Å²) in [6.45, 7) is 1.89. The zero-order chi connectivity index (χ0) is 23.2. The number of amides is 2. The summed E-state index contributed by atoms with van der Waals surface area (Å²) >= 11 is 2.77. The zero-order valence-electron chi connectivity index (χ0n) is 18.8. The highest BCUT2D eigenvalue weighted by atomic mass is 32.1. The summed E-state index contributed by atoms with van der Waals surface area (Å²) in [6.07, 6.45) is 7.90. The third-order valence-electron chi connectivity index (χ3n) is 5.86. The molecule has 2 aromatic heterocycles. The molecule has 0 saturated heterocycles. The summed E-state index contributed by atoms with van der Waals surface area (Å²) in [4.78, 5) is 34.8. The van der Waals surface area contributed by atoms with Crippen molar-refractivity contribution >= 4 is 44.8 Å². The van der Waals surface area contributed by atoms with Gasteiger partial charge in [-0.25, -0.2) is 9.97 Å². The van der Waals surface area contributed by atoms with Gasteiger partial charge in [0.25, 0.3) is 5.91 Å². The number of carbonyl (C=O) groups excluding carboxylic acids is 2. The average Bonchev–Trinajstić information content (AvgIpc) is 3.44. The fourth-order valence-corrected chi connectivity index (χ4v) is 5.74. The van der Waals surface area contributed by atoms with Gasteiger partial charge in [-0.15, -0.1) is 11.3 Å². The predicted octanol–water partition coefficient (Wildman–Crippen LogP) is 6.13. The van der Waals surface area contributed by atoms with E-state index in [1.54, 1.807) is 31.4 Å². The third kappa shape index (κ3) is 6.17. The van der Waals surface area contributed by atoms with Crippen molar-refractivity contribution in [1.82, 2.24) is 9.97 Å². The van der Waals surface area contributed by atoms with Gasteiger partial charge in [-0.05, 0) is 43.5 Å². The molecule has 2 N–H and O–H groups in total. The lowest BCUT2D eigenvalue weighted by Crippen LogP contribution is -2.14. The Morgan fingerprint density at radius 1 is 1.06 bits per heavy atom. The van der Waals surface area contributed by atoms with Gasteiger partial charge in [0, 0.05) is 17.4 Å². The van der Waals surface area contributed by atoms with Crippen LogP contribution in [0.3, 0.4) is 0 Å². The van der Waals surface area contributed by atoms with E-state index in [-0.39, 0.29) is 11.8 Å². The molecule has 1 aliphatic carbocycles.